The number of hydrogen-bond donors (Lipinski definition) is 2. The van der Waals surface area contributed by atoms with E-state index in [1.54, 1.807) is 13.2 Å². The Bertz CT molecular complexity index is 2730. The number of cyclic esters (lactones) is 2. The van der Waals surface area contributed by atoms with Crippen molar-refractivity contribution in [2.75, 3.05) is 55.4 Å². The molecule has 3 aromatic carbocycles. The van der Waals surface area contributed by atoms with Crippen LogP contribution in [-0.2, 0) is 63.6 Å². The van der Waals surface area contributed by atoms with E-state index in [0.717, 1.165) is 10.8 Å². The highest BCUT2D eigenvalue weighted by molar-refractivity contribution is 6.91. The molecule has 3 aromatic rings. The van der Waals surface area contributed by atoms with Gasteiger partial charge in [0, 0.05) is 59.0 Å². The summed E-state index contributed by atoms with van der Waals surface area (Å²) in [5, 5.41) is 26.8. The van der Waals surface area contributed by atoms with Gasteiger partial charge in [0.25, 0.3) is 5.91 Å². The second-order valence-electron chi connectivity index (χ2n) is 26.2. The van der Waals surface area contributed by atoms with E-state index in [1.165, 1.54) is 31.1 Å². The van der Waals surface area contributed by atoms with Gasteiger partial charge in [-0.25, -0.2) is 19.4 Å². The van der Waals surface area contributed by atoms with Gasteiger partial charge < -0.3 is 67.1 Å². The van der Waals surface area contributed by atoms with Gasteiger partial charge in [-0.3, -0.25) is 9.59 Å². The van der Waals surface area contributed by atoms with Crippen molar-refractivity contribution in [3.05, 3.63) is 102 Å². The zero-order chi connectivity index (χ0) is 65.9. The van der Waals surface area contributed by atoms with E-state index in [9.17, 15) is 24.6 Å². The number of nitrogens with zero attached hydrogens (tertiary/aromatic N) is 2. The number of aliphatic hydroxyl groups excluding tert-OH is 1. The standard InChI is InChI=1S/C69H104N2O18Si/c1-16-50(65(74)70-55(45(2)3)41-83-66(70)75)32-34-51(84-42-78-10)35-52(87-58-30-24-23-29-57(58)81-13)33-31-47(6)56(72)39-69(77)64(86-44-80-12)60(85-43-79-11)37-53(88-69)36-59(82-40-49-25-19-17-20-26-49)48(7)61(90(14,15)54-27-21-18-22-28-54)38-62(73)71-63(46(4)5)68(8,9)89-67(71)76/h17-30,32,45-48,51-53,55-56,59-61,63-64,72,77H,16,31,33-44H2,1-15H3/b50-32+/t47-,48+,51+,52-,53-,55-,56?,59+,60+,61-,63-,64-,69+/m1/s1. The summed E-state index contributed by atoms with van der Waals surface area (Å²) in [6.45, 7) is 21.9. The third kappa shape index (κ3) is 19.4. The van der Waals surface area contributed by atoms with Crippen molar-refractivity contribution >= 4 is 37.3 Å². The minimum absolute atomic E-state index is 0.00283. The van der Waals surface area contributed by atoms with Gasteiger partial charge in [-0.15, -0.1) is 0 Å². The van der Waals surface area contributed by atoms with E-state index in [1.807, 2.05) is 128 Å². The second-order valence-corrected chi connectivity index (χ2v) is 31.0. The summed E-state index contributed by atoms with van der Waals surface area (Å²) in [6, 6.07) is 26.5. The molecule has 0 saturated carbocycles. The molecule has 0 aromatic heterocycles. The largest absolute Gasteiger partial charge is 0.493 e. The van der Waals surface area contributed by atoms with Crippen molar-refractivity contribution < 1.29 is 86.2 Å². The zero-order valence-electron chi connectivity index (χ0n) is 56.0. The maximum Gasteiger partial charge on any atom is 0.417 e. The van der Waals surface area contributed by atoms with Crippen LogP contribution in [0.4, 0.5) is 9.59 Å². The Morgan fingerprint density at radius 2 is 1.41 bits per heavy atom. The molecule has 2 N–H and O–H groups in total. The third-order valence-corrected chi connectivity index (χ3v) is 22.7. The molecule has 0 bridgehead atoms. The lowest BCUT2D eigenvalue weighted by Gasteiger charge is -2.49. The number of imide groups is 2. The van der Waals surface area contributed by atoms with E-state index in [2.05, 4.69) is 32.2 Å². The maximum absolute atomic E-state index is 15.0. The molecule has 502 valence electrons. The second kappa shape index (κ2) is 34.6. The van der Waals surface area contributed by atoms with E-state index in [4.69, 9.17) is 56.8 Å². The summed E-state index contributed by atoms with van der Waals surface area (Å²) in [6.07, 6.45) is -3.16. The van der Waals surface area contributed by atoms with E-state index in [0.29, 0.717) is 42.8 Å². The van der Waals surface area contributed by atoms with Crippen molar-refractivity contribution in [3.8, 4) is 11.5 Å². The van der Waals surface area contributed by atoms with E-state index >= 15 is 4.79 Å². The van der Waals surface area contributed by atoms with Crippen molar-refractivity contribution in [3.63, 3.8) is 0 Å². The normalized spacial score (nSPS) is 23.7. The fourth-order valence-electron chi connectivity index (χ4n) is 13.3. The summed E-state index contributed by atoms with van der Waals surface area (Å²) < 4.78 is 72.9. The monoisotopic (exact) mass is 1280 g/mol. The van der Waals surface area contributed by atoms with Crippen LogP contribution < -0.4 is 14.7 Å². The highest BCUT2D eigenvalue weighted by Gasteiger charge is 2.55. The number of carbonyl (C=O) groups is 4. The molecule has 3 saturated heterocycles. The number of methoxy groups -OCH3 is 4. The molecule has 3 aliphatic heterocycles. The molecular formula is C69H104N2O18Si. The van der Waals surface area contributed by atoms with Crippen LogP contribution in [0.3, 0.4) is 0 Å². The number of benzene rings is 3. The predicted molar refractivity (Wildman–Crippen MR) is 342 cm³/mol. The lowest BCUT2D eigenvalue weighted by atomic mass is 9.84. The first-order valence-electron chi connectivity index (χ1n) is 32.0. The Kier molecular flexibility index (Phi) is 28.3. The lowest BCUT2D eigenvalue weighted by molar-refractivity contribution is -0.358. The van der Waals surface area contributed by atoms with E-state index in [-0.39, 0.29) is 101 Å². The van der Waals surface area contributed by atoms with Crippen LogP contribution in [0.2, 0.25) is 18.6 Å². The Hall–Kier alpha value is -5.30. The van der Waals surface area contributed by atoms with Crippen molar-refractivity contribution in [1.82, 2.24) is 9.80 Å². The maximum atomic E-state index is 15.0. The number of para-hydroxylation sites is 2. The number of hydrogen-bond acceptors (Lipinski definition) is 18. The molecule has 3 heterocycles. The van der Waals surface area contributed by atoms with Crippen molar-refractivity contribution in [2.24, 2.45) is 23.7 Å². The van der Waals surface area contributed by atoms with Gasteiger partial charge in [0.15, 0.2) is 17.3 Å². The predicted octanol–water partition coefficient (Wildman–Crippen LogP) is 10.9. The molecule has 3 fully saturated rings. The van der Waals surface area contributed by atoms with E-state index < -0.39 is 92.2 Å². The molecule has 20 nitrogen and oxygen atoms in total. The molecule has 13 atom stereocenters. The van der Waals surface area contributed by atoms with Crippen LogP contribution in [0.5, 0.6) is 11.5 Å². The molecule has 0 radical (unpaired) electrons. The molecule has 21 heteroatoms. The molecule has 6 rings (SSSR count). The molecule has 90 heavy (non-hydrogen) atoms. The fraction of sp³-hybridized carbons (Fsp3) is 0.652. The Morgan fingerprint density at radius 3 is 2.03 bits per heavy atom. The molecule has 0 aliphatic carbocycles. The van der Waals surface area contributed by atoms with Crippen LogP contribution in [0, 0.1) is 23.7 Å². The minimum Gasteiger partial charge on any atom is -0.493 e. The molecular weight excluding hydrogens is 1170 g/mol. The van der Waals surface area contributed by atoms with Crippen molar-refractivity contribution in [2.45, 2.75) is 212 Å². The van der Waals surface area contributed by atoms with Gasteiger partial charge in [-0.1, -0.05) is 146 Å². The minimum atomic E-state index is -2.67. The first-order chi connectivity index (χ1) is 42.8. The Balaban J connectivity index is 1.31. The van der Waals surface area contributed by atoms with Crippen LogP contribution in [0.25, 0.3) is 0 Å². The summed E-state index contributed by atoms with van der Waals surface area (Å²) in [7, 11) is 3.41. The van der Waals surface area contributed by atoms with Crippen molar-refractivity contribution in [1.29, 1.82) is 0 Å². The fourth-order valence-corrected chi connectivity index (χ4v) is 17.0. The van der Waals surface area contributed by atoms with Crippen LogP contribution in [0.15, 0.2) is 96.6 Å². The Morgan fingerprint density at radius 1 is 0.778 bits per heavy atom. The lowest BCUT2D eigenvalue weighted by Crippen LogP contribution is -2.62. The molecule has 1 unspecified atom stereocenters. The SMILES string of the molecule is CC/C(=C\C[C@@H](C[C@@H](CC[C@@H](C)C(O)C[C@]1(O)O[C@H](C[C@H](OCc2ccccc2)[C@H](C)[C@@H](CC(=O)N2C(=O)OC(C)(C)[C@H]2C(C)C)[Si](C)(C)c2ccccc2)C[C@H](OCOC)[C@H]1OCOC)Oc1ccccc1OC)OCOC)C(=O)N1C(=O)OC[C@@H]1C(C)C. The average molecular weight is 1280 g/mol. The first-order valence-corrected chi connectivity index (χ1v) is 35.1. The van der Waals surface area contributed by atoms with Gasteiger partial charge in [0.2, 0.25) is 5.91 Å². The van der Waals surface area contributed by atoms with Crippen LogP contribution in [0.1, 0.15) is 126 Å². The van der Waals surface area contributed by atoms with Gasteiger partial charge in [-0.2, -0.15) is 0 Å². The van der Waals surface area contributed by atoms with Gasteiger partial charge >= 0.3 is 12.2 Å². The summed E-state index contributed by atoms with van der Waals surface area (Å²) >= 11 is 0. The van der Waals surface area contributed by atoms with Gasteiger partial charge in [-0.05, 0) is 86.4 Å². The van der Waals surface area contributed by atoms with Gasteiger partial charge in [0.05, 0.1) is 64.4 Å². The molecule has 0 spiro atoms. The zero-order valence-corrected chi connectivity index (χ0v) is 57.0. The Labute approximate surface area is 535 Å². The summed E-state index contributed by atoms with van der Waals surface area (Å²) in [5.74, 6) is -2.76. The van der Waals surface area contributed by atoms with Crippen LogP contribution >= 0.6 is 0 Å². The van der Waals surface area contributed by atoms with Gasteiger partial charge in [0.1, 0.15) is 44.8 Å². The third-order valence-electron chi connectivity index (χ3n) is 18.3. The highest BCUT2D eigenvalue weighted by Crippen LogP contribution is 2.44. The van der Waals surface area contributed by atoms with Crippen LogP contribution in [-0.4, -0.2) is 174 Å². The number of amides is 4. The number of ether oxygens (including phenoxy) is 12. The average Bonchev–Trinajstić information content (AvgIpc) is 1.36. The molecule has 4 amide bonds. The topological polar surface area (TPSA) is 226 Å². The summed E-state index contributed by atoms with van der Waals surface area (Å²) in [5.41, 5.74) is 0.191. The number of rotatable bonds is 37. The smallest absolute Gasteiger partial charge is 0.417 e. The molecule has 3 aliphatic rings. The number of aliphatic hydroxyl groups is 2. The first kappa shape index (κ1) is 73.7. The highest BCUT2D eigenvalue weighted by atomic mass is 28.3. The number of carbonyl (C=O) groups excluding carboxylic acids is 4. The summed E-state index contributed by atoms with van der Waals surface area (Å²) in [4.78, 5) is 58.1. The quantitative estimate of drug-likeness (QED) is 0.0311.